The van der Waals surface area contributed by atoms with Crippen LogP contribution in [-0.2, 0) is 0 Å². The number of nitrogens with zero attached hydrogens (tertiary/aromatic N) is 2. The summed E-state index contributed by atoms with van der Waals surface area (Å²) in [6.07, 6.45) is 1.60. The van der Waals surface area contributed by atoms with Gasteiger partial charge < -0.3 is 10.4 Å². The number of hydrogen-bond donors (Lipinski definition) is 2. The van der Waals surface area contributed by atoms with Gasteiger partial charge in [-0.2, -0.15) is 5.26 Å². The van der Waals surface area contributed by atoms with E-state index in [0.29, 0.717) is 43.8 Å². The molecule has 0 bridgehead atoms. The van der Waals surface area contributed by atoms with E-state index in [4.69, 9.17) is 33.9 Å². The highest BCUT2D eigenvalue weighted by Crippen LogP contribution is 2.29. The van der Waals surface area contributed by atoms with E-state index in [1.54, 1.807) is 55.5 Å². The molecule has 7 heteroatoms. The van der Waals surface area contributed by atoms with Crippen LogP contribution in [0.1, 0.15) is 23.9 Å². The molecule has 0 saturated heterocycles. The predicted octanol–water partition coefficient (Wildman–Crippen LogP) is 5.20. The second-order valence-corrected chi connectivity index (χ2v) is 6.86. The van der Waals surface area contributed by atoms with Crippen molar-refractivity contribution < 1.29 is 0 Å². The molecule has 0 radical (unpaired) electrons. The van der Waals surface area contributed by atoms with Gasteiger partial charge in [0.1, 0.15) is 5.82 Å². The van der Waals surface area contributed by atoms with Crippen molar-refractivity contribution in [1.29, 1.82) is 10.7 Å². The normalized spacial score (nSPS) is 11.1. The smallest absolute Gasteiger partial charge is 0.251 e. The minimum atomic E-state index is -0.329. The van der Waals surface area contributed by atoms with Gasteiger partial charge in [0, 0.05) is 38.5 Å². The lowest BCUT2D eigenvalue weighted by atomic mass is 10.0. The Labute approximate surface area is 171 Å². The molecular weight excluding hydrogens is 395 g/mol. The van der Waals surface area contributed by atoms with E-state index in [-0.39, 0.29) is 11.3 Å². The van der Waals surface area contributed by atoms with Crippen LogP contribution in [-0.4, -0.2) is 15.7 Å². The van der Waals surface area contributed by atoms with E-state index < -0.39 is 0 Å². The van der Waals surface area contributed by atoms with Gasteiger partial charge in [0.15, 0.2) is 0 Å². The number of halogens is 2. The lowest BCUT2D eigenvalue weighted by Crippen LogP contribution is -2.09. The van der Waals surface area contributed by atoms with E-state index in [1.165, 1.54) is 6.07 Å². The van der Waals surface area contributed by atoms with Crippen LogP contribution >= 0.6 is 23.2 Å². The van der Waals surface area contributed by atoms with Gasteiger partial charge in [-0.3, -0.25) is 4.79 Å². The first-order valence-corrected chi connectivity index (χ1v) is 8.97. The maximum atomic E-state index is 12.1. The van der Waals surface area contributed by atoms with E-state index in [1.807, 2.05) is 0 Å². The third-order valence-corrected chi connectivity index (χ3v) is 4.52. The highest BCUT2D eigenvalue weighted by molar-refractivity contribution is 6.38. The Morgan fingerprint density at radius 1 is 1.18 bits per heavy atom. The molecule has 28 heavy (non-hydrogen) atoms. The van der Waals surface area contributed by atoms with Crippen LogP contribution in [0.3, 0.4) is 0 Å². The SMILES string of the molecule is CC(=N)/C(=C\c1nc(-c2ccc(C#N)cc2)cc(=O)[nH]1)c1ccc(Cl)cc1Cl. The average molecular weight is 409 g/mol. The van der Waals surface area contributed by atoms with E-state index in [9.17, 15) is 4.79 Å². The highest BCUT2D eigenvalue weighted by Gasteiger charge is 2.11. The van der Waals surface area contributed by atoms with Crippen molar-refractivity contribution in [3.05, 3.63) is 85.9 Å². The number of H-pyrrole nitrogens is 1. The molecule has 1 heterocycles. The summed E-state index contributed by atoms with van der Waals surface area (Å²) in [6.45, 7) is 1.62. The Balaban J connectivity index is 2.11. The topological polar surface area (TPSA) is 93.4 Å². The fraction of sp³-hybridized carbons (Fsp3) is 0.0476. The van der Waals surface area contributed by atoms with E-state index >= 15 is 0 Å². The number of rotatable bonds is 4. The second kappa shape index (κ2) is 8.22. The fourth-order valence-corrected chi connectivity index (χ4v) is 3.15. The lowest BCUT2D eigenvalue weighted by molar-refractivity contribution is 1.09. The largest absolute Gasteiger partial charge is 0.307 e. The van der Waals surface area contributed by atoms with Gasteiger partial charge in [-0.25, -0.2) is 4.98 Å². The van der Waals surface area contributed by atoms with E-state index in [0.717, 1.165) is 0 Å². The number of hydrogen-bond acceptors (Lipinski definition) is 4. The molecule has 2 N–H and O–H groups in total. The van der Waals surface area contributed by atoms with Gasteiger partial charge in [0.05, 0.1) is 17.3 Å². The molecule has 0 aliphatic rings. The molecule has 3 aromatic rings. The number of aromatic nitrogens is 2. The van der Waals surface area contributed by atoms with Gasteiger partial charge >= 0.3 is 0 Å². The van der Waals surface area contributed by atoms with Gasteiger partial charge in [-0.05, 0) is 37.3 Å². The summed E-state index contributed by atoms with van der Waals surface area (Å²) < 4.78 is 0. The maximum absolute atomic E-state index is 12.1. The molecule has 138 valence electrons. The first-order chi connectivity index (χ1) is 13.4. The molecule has 0 fully saturated rings. The lowest BCUT2D eigenvalue weighted by Gasteiger charge is -2.09. The molecule has 0 saturated carbocycles. The van der Waals surface area contributed by atoms with Crippen molar-refractivity contribution in [2.24, 2.45) is 0 Å². The number of benzene rings is 2. The van der Waals surface area contributed by atoms with Crippen LogP contribution in [0.2, 0.25) is 10.0 Å². The molecule has 3 rings (SSSR count). The number of nitrogens with one attached hydrogen (secondary N) is 2. The molecule has 0 aliphatic carbocycles. The summed E-state index contributed by atoms with van der Waals surface area (Å²) in [7, 11) is 0. The Bertz CT molecular complexity index is 1190. The van der Waals surface area contributed by atoms with Crippen molar-refractivity contribution in [2.45, 2.75) is 6.92 Å². The summed E-state index contributed by atoms with van der Waals surface area (Å²) in [5.74, 6) is 0.291. The van der Waals surface area contributed by atoms with Gasteiger partial charge in [0.2, 0.25) is 0 Å². The van der Waals surface area contributed by atoms with Crippen LogP contribution in [0.25, 0.3) is 22.9 Å². The Morgan fingerprint density at radius 2 is 1.89 bits per heavy atom. The first-order valence-electron chi connectivity index (χ1n) is 8.22. The first kappa shape index (κ1) is 19.6. The molecule has 2 aromatic carbocycles. The van der Waals surface area contributed by atoms with Crippen LogP contribution in [0, 0.1) is 16.7 Å². The van der Waals surface area contributed by atoms with Crippen molar-refractivity contribution >= 4 is 40.6 Å². The van der Waals surface area contributed by atoms with Gasteiger partial charge in [0.25, 0.3) is 5.56 Å². The minimum Gasteiger partial charge on any atom is -0.307 e. The number of aromatic amines is 1. The predicted molar refractivity (Wildman–Crippen MR) is 113 cm³/mol. The van der Waals surface area contributed by atoms with E-state index in [2.05, 4.69) is 16.0 Å². The van der Waals surface area contributed by atoms with Crippen LogP contribution in [0.5, 0.6) is 0 Å². The Hall–Kier alpha value is -3.20. The quantitative estimate of drug-likeness (QED) is 0.581. The molecule has 0 spiro atoms. The maximum Gasteiger partial charge on any atom is 0.251 e. The highest BCUT2D eigenvalue weighted by atomic mass is 35.5. The van der Waals surface area contributed by atoms with Crippen molar-refractivity contribution in [3.63, 3.8) is 0 Å². The molecule has 0 unspecified atom stereocenters. The standard InChI is InChI=1S/C21H14Cl2N4O/c1-12(25)17(16-7-6-15(22)8-18(16)23)9-20-26-19(10-21(28)27-20)14-4-2-13(11-24)3-5-14/h2-10,25H,1H3,(H,26,27,28)/b17-9+,25-12?. The summed E-state index contributed by atoms with van der Waals surface area (Å²) in [5, 5.41) is 17.9. The molecule has 5 nitrogen and oxygen atoms in total. The summed E-state index contributed by atoms with van der Waals surface area (Å²) >= 11 is 12.2. The Morgan fingerprint density at radius 3 is 2.50 bits per heavy atom. The van der Waals surface area contributed by atoms with Crippen molar-refractivity contribution in [1.82, 2.24) is 9.97 Å². The molecular formula is C21H14Cl2N4O. The second-order valence-electron chi connectivity index (χ2n) is 6.01. The van der Waals surface area contributed by atoms with Crippen LogP contribution in [0.15, 0.2) is 53.3 Å². The van der Waals surface area contributed by atoms with Gasteiger partial charge in [-0.1, -0.05) is 41.4 Å². The Kier molecular flexibility index (Phi) is 5.74. The third-order valence-electron chi connectivity index (χ3n) is 3.98. The van der Waals surface area contributed by atoms with Crippen molar-refractivity contribution in [3.8, 4) is 17.3 Å². The van der Waals surface area contributed by atoms with Gasteiger partial charge in [-0.15, -0.1) is 0 Å². The molecule has 0 aliphatic heterocycles. The average Bonchev–Trinajstić information content (AvgIpc) is 2.66. The number of allylic oxidation sites excluding steroid dienone is 1. The molecule has 0 amide bonds. The fourth-order valence-electron chi connectivity index (χ4n) is 2.64. The third kappa shape index (κ3) is 4.37. The van der Waals surface area contributed by atoms with Crippen LogP contribution < -0.4 is 5.56 Å². The summed E-state index contributed by atoms with van der Waals surface area (Å²) in [5.41, 5.74) is 2.75. The van der Waals surface area contributed by atoms with Crippen molar-refractivity contribution in [2.75, 3.05) is 0 Å². The zero-order valence-corrected chi connectivity index (χ0v) is 16.3. The monoisotopic (exact) mass is 408 g/mol. The van der Waals surface area contributed by atoms with Crippen LogP contribution in [0.4, 0.5) is 0 Å². The summed E-state index contributed by atoms with van der Waals surface area (Å²) in [4.78, 5) is 19.3. The zero-order valence-electron chi connectivity index (χ0n) is 14.8. The number of nitriles is 1. The molecule has 0 atom stereocenters. The zero-order chi connectivity index (χ0) is 20.3. The summed E-state index contributed by atoms with van der Waals surface area (Å²) in [6, 6.07) is 15.2. The molecule has 1 aromatic heterocycles. The minimum absolute atomic E-state index is 0.260.